The topological polar surface area (TPSA) is 38.9 Å². The SMILES string of the molecule is Nc1ccc2nc(Sc3cc(Cl)ccc3Cl)sc2c1. The van der Waals surface area contributed by atoms with Crippen LogP contribution in [0.25, 0.3) is 10.2 Å². The standard InChI is InChI=1S/C13H8Cl2N2S2/c14-7-1-3-9(15)11(5-7)18-13-17-10-4-2-8(16)6-12(10)19-13/h1-6H,16H2. The van der Waals surface area contributed by atoms with Crippen molar-refractivity contribution in [2.24, 2.45) is 0 Å². The molecule has 1 heterocycles. The van der Waals surface area contributed by atoms with Crippen molar-refractivity contribution in [1.29, 1.82) is 0 Å². The molecule has 0 atom stereocenters. The van der Waals surface area contributed by atoms with Crippen LogP contribution in [0.15, 0.2) is 45.6 Å². The largest absolute Gasteiger partial charge is 0.399 e. The Labute approximate surface area is 128 Å². The summed E-state index contributed by atoms with van der Waals surface area (Å²) in [6.07, 6.45) is 0. The molecule has 3 rings (SSSR count). The van der Waals surface area contributed by atoms with E-state index >= 15 is 0 Å². The van der Waals surface area contributed by atoms with Gasteiger partial charge in [0.05, 0.1) is 15.2 Å². The molecule has 0 amide bonds. The number of nitrogen functional groups attached to an aromatic ring is 1. The van der Waals surface area contributed by atoms with E-state index in [0.717, 1.165) is 25.1 Å². The van der Waals surface area contributed by atoms with Gasteiger partial charge in [-0.3, -0.25) is 0 Å². The minimum atomic E-state index is 0.664. The van der Waals surface area contributed by atoms with Gasteiger partial charge < -0.3 is 5.73 Å². The van der Waals surface area contributed by atoms with Crippen molar-refractivity contribution in [3.05, 3.63) is 46.4 Å². The Morgan fingerprint density at radius 1 is 1.11 bits per heavy atom. The molecular weight excluding hydrogens is 319 g/mol. The van der Waals surface area contributed by atoms with E-state index in [1.54, 1.807) is 23.5 Å². The molecule has 0 aliphatic heterocycles. The van der Waals surface area contributed by atoms with Gasteiger partial charge in [-0.25, -0.2) is 4.98 Å². The molecule has 19 heavy (non-hydrogen) atoms. The fraction of sp³-hybridized carbons (Fsp3) is 0. The van der Waals surface area contributed by atoms with Crippen LogP contribution in [0.1, 0.15) is 0 Å². The van der Waals surface area contributed by atoms with Gasteiger partial charge in [0.2, 0.25) is 0 Å². The predicted molar refractivity (Wildman–Crippen MR) is 84.6 cm³/mol. The Morgan fingerprint density at radius 3 is 2.79 bits per heavy atom. The summed E-state index contributed by atoms with van der Waals surface area (Å²) in [6.45, 7) is 0. The highest BCUT2D eigenvalue weighted by atomic mass is 35.5. The summed E-state index contributed by atoms with van der Waals surface area (Å²) < 4.78 is 1.99. The fourth-order valence-corrected chi connectivity index (χ4v) is 4.22. The number of nitrogens with two attached hydrogens (primary N) is 1. The lowest BCUT2D eigenvalue weighted by molar-refractivity contribution is 1.29. The van der Waals surface area contributed by atoms with Gasteiger partial charge in [0.1, 0.15) is 0 Å². The number of thiazole rings is 1. The molecule has 6 heteroatoms. The maximum absolute atomic E-state index is 6.15. The molecule has 2 aromatic carbocycles. The molecule has 0 spiro atoms. The van der Waals surface area contributed by atoms with Gasteiger partial charge in [0.25, 0.3) is 0 Å². The number of hydrogen-bond donors (Lipinski definition) is 1. The average Bonchev–Trinajstić information content (AvgIpc) is 2.75. The van der Waals surface area contributed by atoms with Crippen LogP contribution >= 0.6 is 46.3 Å². The smallest absolute Gasteiger partial charge is 0.155 e. The van der Waals surface area contributed by atoms with Crippen molar-refractivity contribution in [3.8, 4) is 0 Å². The number of nitrogens with zero attached hydrogens (tertiary/aromatic N) is 1. The second-order valence-electron chi connectivity index (χ2n) is 3.88. The molecule has 1 aromatic heterocycles. The molecule has 0 saturated heterocycles. The lowest BCUT2D eigenvalue weighted by atomic mass is 10.3. The number of aromatic nitrogens is 1. The van der Waals surface area contributed by atoms with E-state index in [1.807, 2.05) is 24.3 Å². The van der Waals surface area contributed by atoms with E-state index < -0.39 is 0 Å². The van der Waals surface area contributed by atoms with Gasteiger partial charge in [-0.1, -0.05) is 35.0 Å². The summed E-state index contributed by atoms with van der Waals surface area (Å²) >= 11 is 15.2. The fourth-order valence-electron chi connectivity index (χ4n) is 1.61. The highest BCUT2D eigenvalue weighted by Gasteiger charge is 2.09. The molecule has 0 fully saturated rings. The van der Waals surface area contributed by atoms with E-state index in [4.69, 9.17) is 28.9 Å². The number of fused-ring (bicyclic) bond motifs is 1. The highest BCUT2D eigenvalue weighted by molar-refractivity contribution is 8.01. The van der Waals surface area contributed by atoms with E-state index in [-0.39, 0.29) is 0 Å². The Bertz CT molecular complexity index is 755. The van der Waals surface area contributed by atoms with Crippen LogP contribution in [-0.2, 0) is 0 Å². The maximum Gasteiger partial charge on any atom is 0.155 e. The zero-order valence-corrected chi connectivity index (χ0v) is 12.7. The van der Waals surface area contributed by atoms with Crippen LogP contribution in [0, 0.1) is 0 Å². The minimum absolute atomic E-state index is 0.664. The van der Waals surface area contributed by atoms with Crippen molar-refractivity contribution < 1.29 is 0 Å². The quantitative estimate of drug-likeness (QED) is 0.646. The molecule has 2 nitrogen and oxygen atoms in total. The normalized spacial score (nSPS) is 11.1. The van der Waals surface area contributed by atoms with Crippen LogP contribution in [0.2, 0.25) is 10.0 Å². The third kappa shape index (κ3) is 2.82. The van der Waals surface area contributed by atoms with Gasteiger partial charge in [-0.2, -0.15) is 0 Å². The number of halogens is 2. The predicted octanol–water partition coefficient (Wildman–Crippen LogP) is 5.34. The maximum atomic E-state index is 6.15. The molecule has 0 unspecified atom stereocenters. The summed E-state index contributed by atoms with van der Waals surface area (Å²) in [5, 5.41) is 1.34. The zero-order chi connectivity index (χ0) is 13.4. The third-order valence-corrected chi connectivity index (χ3v) is 5.30. The minimum Gasteiger partial charge on any atom is -0.399 e. The van der Waals surface area contributed by atoms with Crippen LogP contribution in [0.4, 0.5) is 5.69 Å². The zero-order valence-electron chi connectivity index (χ0n) is 9.56. The van der Waals surface area contributed by atoms with Crippen molar-refractivity contribution in [3.63, 3.8) is 0 Å². The monoisotopic (exact) mass is 326 g/mol. The molecule has 0 bridgehead atoms. The summed E-state index contributed by atoms with van der Waals surface area (Å²) in [7, 11) is 0. The molecule has 0 aliphatic rings. The second-order valence-corrected chi connectivity index (χ2v) is 7.05. The van der Waals surface area contributed by atoms with Crippen LogP contribution in [0.3, 0.4) is 0 Å². The Kier molecular flexibility index (Phi) is 3.58. The average molecular weight is 327 g/mol. The van der Waals surface area contributed by atoms with Crippen molar-refractivity contribution in [2.45, 2.75) is 9.24 Å². The molecule has 3 aromatic rings. The summed E-state index contributed by atoms with van der Waals surface area (Å²) in [5.74, 6) is 0. The summed E-state index contributed by atoms with van der Waals surface area (Å²) in [4.78, 5) is 5.45. The molecule has 0 aliphatic carbocycles. The van der Waals surface area contributed by atoms with Gasteiger partial charge in [0.15, 0.2) is 4.34 Å². The Hall–Kier alpha value is -0.940. The highest BCUT2D eigenvalue weighted by Crippen LogP contribution is 2.38. The third-order valence-electron chi connectivity index (χ3n) is 2.48. The van der Waals surface area contributed by atoms with E-state index in [9.17, 15) is 0 Å². The molecule has 2 N–H and O–H groups in total. The number of hydrogen-bond acceptors (Lipinski definition) is 4. The first-order valence-electron chi connectivity index (χ1n) is 5.41. The number of benzene rings is 2. The van der Waals surface area contributed by atoms with Crippen LogP contribution < -0.4 is 5.73 Å². The Morgan fingerprint density at radius 2 is 1.95 bits per heavy atom. The molecule has 96 valence electrons. The first kappa shape index (κ1) is 13.1. The van der Waals surface area contributed by atoms with Crippen LogP contribution in [-0.4, -0.2) is 4.98 Å². The van der Waals surface area contributed by atoms with Crippen molar-refractivity contribution >= 4 is 62.2 Å². The lowest BCUT2D eigenvalue weighted by Crippen LogP contribution is -1.81. The number of anilines is 1. The van der Waals surface area contributed by atoms with Crippen molar-refractivity contribution in [1.82, 2.24) is 4.98 Å². The van der Waals surface area contributed by atoms with E-state index in [2.05, 4.69) is 4.98 Å². The van der Waals surface area contributed by atoms with Gasteiger partial charge >= 0.3 is 0 Å². The lowest BCUT2D eigenvalue weighted by Gasteiger charge is -2.01. The van der Waals surface area contributed by atoms with Crippen LogP contribution in [0.5, 0.6) is 0 Å². The Balaban J connectivity index is 1.98. The van der Waals surface area contributed by atoms with Gasteiger partial charge in [-0.05, 0) is 36.4 Å². The van der Waals surface area contributed by atoms with Gasteiger partial charge in [-0.15, -0.1) is 11.3 Å². The molecule has 0 radical (unpaired) electrons. The first-order valence-corrected chi connectivity index (χ1v) is 7.80. The number of rotatable bonds is 2. The second kappa shape index (κ2) is 5.21. The summed E-state index contributed by atoms with van der Waals surface area (Å²) in [5.41, 5.74) is 7.45. The first-order chi connectivity index (χ1) is 9.11. The van der Waals surface area contributed by atoms with E-state index in [1.165, 1.54) is 11.8 Å². The van der Waals surface area contributed by atoms with E-state index in [0.29, 0.717) is 10.0 Å². The summed E-state index contributed by atoms with van der Waals surface area (Å²) in [6, 6.07) is 11.1. The molecule has 0 saturated carbocycles. The van der Waals surface area contributed by atoms with Crippen molar-refractivity contribution in [2.75, 3.05) is 5.73 Å². The van der Waals surface area contributed by atoms with Gasteiger partial charge in [0, 0.05) is 15.6 Å². The molecular formula is C13H8Cl2N2S2.